The summed E-state index contributed by atoms with van der Waals surface area (Å²) in [6.07, 6.45) is 0. The van der Waals surface area contributed by atoms with Gasteiger partial charge in [0.2, 0.25) is 0 Å². The standard InChI is InChI=1S/C31H46N3.C12H8N.Au/c1-21-32-34(27-18-24(30(8,9)10)15-25(19-27)31(11,12)13)20-33(21)26-16-22(28(2,3)4)14-23(17-26)29(5,6)7;1-3-7-11-9(5-1)10-6-2-4-8-12(10)13-11;/h14-20H,1-13H3;1-8H;/q2*-1;/i1D3;;. The molecule has 0 amide bonds. The number of hydrogen-bond acceptors (Lipinski definition) is 3. The van der Waals surface area contributed by atoms with Crippen LogP contribution in [0.5, 0.6) is 0 Å². The summed E-state index contributed by atoms with van der Waals surface area (Å²) in [5.41, 5.74) is 8.27. The van der Waals surface area contributed by atoms with Crippen LogP contribution in [-0.2, 0) is 44.0 Å². The minimum atomic E-state index is -2.38. The van der Waals surface area contributed by atoms with Gasteiger partial charge < -0.3 is 14.9 Å². The summed E-state index contributed by atoms with van der Waals surface area (Å²) in [6.45, 7) is 25.7. The zero-order valence-corrected chi connectivity index (χ0v) is 32.9. The van der Waals surface area contributed by atoms with Crippen molar-refractivity contribution < 1.29 is 26.5 Å². The molecule has 0 saturated heterocycles. The average molecular weight is 827 g/mol. The first-order chi connectivity index (χ1) is 22.9. The molecule has 4 aromatic carbocycles. The average Bonchev–Trinajstić information content (AvgIpc) is 3.62. The van der Waals surface area contributed by atoms with Crippen molar-refractivity contribution in [2.75, 3.05) is 9.91 Å². The molecule has 4 nitrogen and oxygen atoms in total. The van der Waals surface area contributed by atoms with E-state index in [1.54, 1.807) is 9.91 Å². The Kier molecular flexibility index (Phi) is 9.36. The zero-order chi connectivity index (χ0) is 37.0. The molecule has 0 unspecified atom stereocenters. The molecule has 1 aliphatic rings. The first kappa shape index (κ1) is 33.2. The number of hydrazone groups is 1. The topological polar surface area (TPSA) is 32.9 Å². The quantitative estimate of drug-likeness (QED) is 0.131. The minimum absolute atomic E-state index is 0. The van der Waals surface area contributed by atoms with Crippen LogP contribution in [0.4, 0.5) is 11.4 Å². The Morgan fingerprint density at radius 2 is 0.938 bits per heavy atom. The number of anilines is 2. The maximum absolute atomic E-state index is 8.31. The molecule has 259 valence electrons. The van der Waals surface area contributed by atoms with Crippen LogP contribution < -0.4 is 14.9 Å². The smallest absolute Gasteiger partial charge is 0.0953 e. The van der Waals surface area contributed by atoms with E-state index in [0.717, 1.165) is 33.5 Å². The van der Waals surface area contributed by atoms with E-state index in [2.05, 4.69) is 166 Å². The number of benzene rings is 4. The van der Waals surface area contributed by atoms with Gasteiger partial charge in [0.05, 0.1) is 5.84 Å². The van der Waals surface area contributed by atoms with Crippen molar-refractivity contribution in [2.45, 2.75) is 112 Å². The van der Waals surface area contributed by atoms with Crippen molar-refractivity contribution in [1.82, 2.24) is 4.98 Å². The van der Waals surface area contributed by atoms with Crippen molar-refractivity contribution in [3.8, 4) is 0 Å². The molecule has 1 aliphatic heterocycles. The molecular formula is C43H54AuN4-2. The normalized spacial score (nSPS) is 15.3. The molecule has 1 aromatic heterocycles. The molecule has 48 heavy (non-hydrogen) atoms. The van der Waals surface area contributed by atoms with Crippen molar-refractivity contribution in [1.29, 1.82) is 0 Å². The molecular weight excluding hydrogens is 769 g/mol. The fraction of sp³-hybridized carbons (Fsp3) is 0.395. The molecule has 0 atom stereocenters. The number of rotatable bonds is 2. The Morgan fingerprint density at radius 3 is 1.31 bits per heavy atom. The number of aromatic nitrogens is 1. The summed E-state index contributed by atoms with van der Waals surface area (Å²) in [7, 11) is 0. The van der Waals surface area contributed by atoms with Gasteiger partial charge in [-0.25, -0.2) is 0 Å². The molecule has 0 bridgehead atoms. The molecule has 0 aliphatic carbocycles. The SMILES string of the molecule is [2H]C([2H])([2H])C1=NN(c2cc(C(C)(C)C)cc(C(C)(C)C)c2)[CH-]N1c1cc(C(C)(C)C)cc(C(C)(C)C)c1.[Au].c1ccc2c(c1)[n-]c1ccccc12. The maximum atomic E-state index is 8.31. The summed E-state index contributed by atoms with van der Waals surface area (Å²) >= 11 is 0. The van der Waals surface area contributed by atoms with Crippen LogP contribution in [0, 0.1) is 6.67 Å². The molecule has 1 radical (unpaired) electrons. The summed E-state index contributed by atoms with van der Waals surface area (Å²) in [5, 5.41) is 8.90. The van der Waals surface area contributed by atoms with Crippen LogP contribution in [0.25, 0.3) is 21.8 Å². The molecule has 2 heterocycles. The summed E-state index contributed by atoms with van der Waals surface area (Å²) in [4.78, 5) is 6.26. The van der Waals surface area contributed by atoms with Gasteiger partial charge in [0.15, 0.2) is 0 Å². The molecule has 0 N–H and O–H groups in total. The van der Waals surface area contributed by atoms with Crippen molar-refractivity contribution >= 4 is 39.0 Å². The molecule has 0 fully saturated rings. The predicted octanol–water partition coefficient (Wildman–Crippen LogP) is 11.6. The van der Waals surface area contributed by atoms with Crippen LogP contribution in [0.1, 0.15) is 116 Å². The number of amidine groups is 1. The van der Waals surface area contributed by atoms with E-state index < -0.39 is 6.85 Å². The largest absolute Gasteiger partial charge is 0.657 e. The van der Waals surface area contributed by atoms with Gasteiger partial charge in [0, 0.05) is 37.9 Å². The van der Waals surface area contributed by atoms with Gasteiger partial charge >= 0.3 is 0 Å². The number of hydrogen-bond donors (Lipinski definition) is 0. The number of para-hydroxylation sites is 2. The van der Waals surface area contributed by atoms with Crippen molar-refractivity contribution in [3.63, 3.8) is 0 Å². The second-order valence-electron chi connectivity index (χ2n) is 16.9. The molecule has 5 aromatic rings. The van der Waals surface area contributed by atoms with E-state index in [4.69, 9.17) is 4.11 Å². The van der Waals surface area contributed by atoms with E-state index >= 15 is 0 Å². The monoisotopic (exact) mass is 826 g/mol. The Balaban J connectivity index is 0.000000343. The van der Waals surface area contributed by atoms with E-state index in [9.17, 15) is 0 Å². The van der Waals surface area contributed by atoms with E-state index in [0.29, 0.717) is 0 Å². The van der Waals surface area contributed by atoms with Crippen LogP contribution in [0.3, 0.4) is 0 Å². The Bertz CT molecular complexity index is 1920. The molecule has 0 spiro atoms. The number of nitrogens with zero attached hydrogens (tertiary/aromatic N) is 4. The Labute approximate surface area is 309 Å². The van der Waals surface area contributed by atoms with Crippen LogP contribution in [0.2, 0.25) is 0 Å². The third-order valence-electron chi connectivity index (χ3n) is 8.84. The minimum Gasteiger partial charge on any atom is -0.657 e. The molecule has 5 heteroatoms. The number of fused-ring (bicyclic) bond motifs is 3. The summed E-state index contributed by atoms with van der Waals surface area (Å²) < 4.78 is 24.9. The van der Waals surface area contributed by atoms with Gasteiger partial charge in [-0.2, -0.15) is 5.10 Å². The third kappa shape index (κ3) is 8.28. The van der Waals surface area contributed by atoms with Crippen LogP contribution in [-0.4, -0.2) is 5.84 Å². The Hall–Kier alpha value is -3.31. The Morgan fingerprint density at radius 1 is 0.562 bits per heavy atom. The van der Waals surface area contributed by atoms with Gasteiger partial charge in [-0.05, 0) is 85.8 Å². The second kappa shape index (κ2) is 13.5. The van der Waals surface area contributed by atoms with E-state index in [-0.39, 0.29) is 49.9 Å². The fourth-order valence-electron chi connectivity index (χ4n) is 5.61. The van der Waals surface area contributed by atoms with Gasteiger partial charge in [0.25, 0.3) is 0 Å². The summed E-state index contributed by atoms with van der Waals surface area (Å²) in [5.74, 6) is 0.0527. The second-order valence-corrected chi connectivity index (χ2v) is 16.9. The fourth-order valence-corrected chi connectivity index (χ4v) is 5.61. The third-order valence-corrected chi connectivity index (χ3v) is 8.84. The van der Waals surface area contributed by atoms with E-state index in [1.165, 1.54) is 21.9 Å². The first-order valence-electron chi connectivity index (χ1n) is 18.2. The van der Waals surface area contributed by atoms with E-state index in [1.807, 2.05) is 18.8 Å². The zero-order valence-electron chi connectivity index (χ0n) is 33.8. The first-order valence-corrected chi connectivity index (χ1v) is 16.7. The molecule has 6 rings (SSSR count). The predicted molar refractivity (Wildman–Crippen MR) is 205 cm³/mol. The van der Waals surface area contributed by atoms with Gasteiger partial charge in [-0.15, -0.1) is 17.7 Å². The van der Waals surface area contributed by atoms with Gasteiger partial charge in [0.1, 0.15) is 0 Å². The maximum Gasteiger partial charge on any atom is 0.0953 e. The van der Waals surface area contributed by atoms with Crippen LogP contribution >= 0.6 is 0 Å². The van der Waals surface area contributed by atoms with Gasteiger partial charge in [-0.1, -0.05) is 144 Å². The van der Waals surface area contributed by atoms with Crippen LogP contribution in [0.15, 0.2) is 90.0 Å². The van der Waals surface area contributed by atoms with Gasteiger partial charge in [-0.3, -0.25) is 0 Å². The van der Waals surface area contributed by atoms with Crippen molar-refractivity contribution in [3.05, 3.63) is 114 Å². The summed E-state index contributed by atoms with van der Waals surface area (Å²) in [6, 6.07) is 29.4. The molecule has 0 saturated carbocycles. The van der Waals surface area contributed by atoms with Crippen molar-refractivity contribution in [2.24, 2.45) is 5.10 Å².